The lowest BCUT2D eigenvalue weighted by atomic mass is 9.94. The molecule has 1 N–H and O–H groups in total. The van der Waals surface area contributed by atoms with E-state index in [0.717, 1.165) is 6.42 Å². The van der Waals surface area contributed by atoms with Gasteiger partial charge in [0.1, 0.15) is 5.78 Å². The highest BCUT2D eigenvalue weighted by molar-refractivity contribution is 7.07. The van der Waals surface area contributed by atoms with Gasteiger partial charge in [-0.05, 0) is 35.9 Å². The summed E-state index contributed by atoms with van der Waals surface area (Å²) in [5.74, 6) is 0.367. The summed E-state index contributed by atoms with van der Waals surface area (Å²) < 4.78 is 5.34. The zero-order valence-electron chi connectivity index (χ0n) is 9.44. The van der Waals surface area contributed by atoms with E-state index < -0.39 is 0 Å². The number of rotatable bonds is 5. The topological polar surface area (TPSA) is 38.3 Å². The summed E-state index contributed by atoms with van der Waals surface area (Å²) in [5.41, 5.74) is 1.26. The lowest BCUT2D eigenvalue weighted by molar-refractivity contribution is -0.123. The second kappa shape index (κ2) is 5.57. The number of Topliss-reactive ketones (excluding diaryl/α,β-unsaturated/α-hetero) is 1. The van der Waals surface area contributed by atoms with Crippen molar-refractivity contribution in [2.45, 2.75) is 18.9 Å². The second-order valence-electron chi connectivity index (χ2n) is 4.14. The van der Waals surface area contributed by atoms with E-state index in [1.807, 2.05) is 7.05 Å². The maximum Gasteiger partial charge on any atom is 0.140 e. The Balaban J connectivity index is 1.83. The molecule has 16 heavy (non-hydrogen) atoms. The van der Waals surface area contributed by atoms with Gasteiger partial charge >= 0.3 is 0 Å². The van der Waals surface area contributed by atoms with Crippen molar-refractivity contribution in [2.75, 3.05) is 20.3 Å². The Bertz CT molecular complexity index is 337. The molecule has 88 valence electrons. The third-order valence-electron chi connectivity index (χ3n) is 3.11. The van der Waals surface area contributed by atoms with Crippen LogP contribution in [0.3, 0.4) is 0 Å². The minimum Gasteiger partial charge on any atom is -0.379 e. The Labute approximate surface area is 99.8 Å². The molecule has 0 aromatic carbocycles. The Kier molecular flexibility index (Phi) is 4.09. The first-order valence-corrected chi connectivity index (χ1v) is 6.54. The van der Waals surface area contributed by atoms with Gasteiger partial charge in [0.15, 0.2) is 0 Å². The van der Waals surface area contributed by atoms with E-state index in [2.05, 4.69) is 22.1 Å². The van der Waals surface area contributed by atoms with Crippen LogP contribution in [0.1, 0.15) is 12.0 Å². The number of hydrogen-bond acceptors (Lipinski definition) is 4. The number of nitrogens with one attached hydrogen (secondary N) is 1. The maximum absolute atomic E-state index is 12.0. The van der Waals surface area contributed by atoms with Crippen molar-refractivity contribution in [3.05, 3.63) is 22.4 Å². The van der Waals surface area contributed by atoms with E-state index in [0.29, 0.717) is 25.4 Å². The van der Waals surface area contributed by atoms with E-state index >= 15 is 0 Å². The molecule has 2 rings (SSSR count). The van der Waals surface area contributed by atoms with Crippen molar-refractivity contribution < 1.29 is 9.53 Å². The molecule has 1 aliphatic heterocycles. The molecule has 1 saturated heterocycles. The molecule has 1 fully saturated rings. The molecule has 0 spiro atoms. The zero-order chi connectivity index (χ0) is 11.4. The zero-order valence-corrected chi connectivity index (χ0v) is 10.3. The van der Waals surface area contributed by atoms with Crippen LogP contribution >= 0.6 is 11.3 Å². The van der Waals surface area contributed by atoms with E-state index in [4.69, 9.17) is 4.74 Å². The normalized spacial score (nSPS) is 24.8. The fraction of sp³-hybridized carbons (Fsp3) is 0.583. The molecule has 0 saturated carbocycles. The predicted molar refractivity (Wildman–Crippen MR) is 64.8 cm³/mol. The van der Waals surface area contributed by atoms with Crippen LogP contribution in [0.25, 0.3) is 0 Å². The predicted octanol–water partition coefficient (Wildman–Crippen LogP) is 1.48. The smallest absolute Gasteiger partial charge is 0.140 e. The van der Waals surface area contributed by atoms with Gasteiger partial charge in [0.2, 0.25) is 0 Å². The summed E-state index contributed by atoms with van der Waals surface area (Å²) in [6.45, 7) is 1.24. The molecule has 1 aromatic rings. The van der Waals surface area contributed by atoms with Crippen molar-refractivity contribution in [3.63, 3.8) is 0 Å². The first-order chi connectivity index (χ1) is 7.81. The summed E-state index contributed by atoms with van der Waals surface area (Å²) in [6.07, 6.45) is 1.48. The van der Waals surface area contributed by atoms with Crippen LogP contribution in [-0.4, -0.2) is 32.1 Å². The molecule has 2 atom stereocenters. The van der Waals surface area contributed by atoms with E-state index in [1.165, 1.54) is 5.56 Å². The minimum absolute atomic E-state index is 0.0450. The highest BCUT2D eigenvalue weighted by atomic mass is 32.1. The summed E-state index contributed by atoms with van der Waals surface area (Å²) in [6, 6.07) is 2.29. The SMILES string of the molecule is CNC1COCC1C(=O)CCc1ccsc1. The largest absolute Gasteiger partial charge is 0.379 e. The monoisotopic (exact) mass is 239 g/mol. The van der Waals surface area contributed by atoms with E-state index in [9.17, 15) is 4.79 Å². The summed E-state index contributed by atoms with van der Waals surface area (Å²) >= 11 is 1.68. The molecule has 2 heterocycles. The molecule has 2 unspecified atom stereocenters. The van der Waals surface area contributed by atoms with Crippen LogP contribution in [0.2, 0.25) is 0 Å². The summed E-state index contributed by atoms with van der Waals surface area (Å²) in [4.78, 5) is 12.0. The number of likely N-dealkylation sites (N-methyl/N-ethyl adjacent to an activating group) is 1. The third kappa shape index (κ3) is 2.70. The molecular formula is C12H17NO2S. The van der Waals surface area contributed by atoms with Gasteiger partial charge in [0.05, 0.1) is 19.1 Å². The summed E-state index contributed by atoms with van der Waals surface area (Å²) in [7, 11) is 1.89. The number of carbonyl (C=O) groups is 1. The average molecular weight is 239 g/mol. The Morgan fingerprint density at radius 1 is 1.62 bits per heavy atom. The van der Waals surface area contributed by atoms with Gasteiger partial charge in [0, 0.05) is 12.5 Å². The van der Waals surface area contributed by atoms with Crippen LogP contribution in [-0.2, 0) is 16.0 Å². The molecule has 0 amide bonds. The third-order valence-corrected chi connectivity index (χ3v) is 3.84. The minimum atomic E-state index is 0.0450. The molecule has 0 aliphatic carbocycles. The van der Waals surface area contributed by atoms with Crippen molar-refractivity contribution in [3.8, 4) is 0 Å². The number of carbonyl (C=O) groups excluding carboxylic acids is 1. The van der Waals surface area contributed by atoms with E-state index in [1.54, 1.807) is 11.3 Å². The fourth-order valence-electron chi connectivity index (χ4n) is 2.04. The number of hydrogen-bond donors (Lipinski definition) is 1. The van der Waals surface area contributed by atoms with Gasteiger partial charge in [-0.2, -0.15) is 11.3 Å². The number of thiophene rings is 1. The van der Waals surface area contributed by atoms with Crippen LogP contribution < -0.4 is 5.32 Å². The molecular weight excluding hydrogens is 222 g/mol. The van der Waals surface area contributed by atoms with Crippen molar-refractivity contribution in [1.29, 1.82) is 0 Å². The summed E-state index contributed by atoms with van der Waals surface area (Å²) in [5, 5.41) is 7.30. The first-order valence-electron chi connectivity index (χ1n) is 5.60. The molecule has 4 heteroatoms. The Morgan fingerprint density at radius 2 is 2.50 bits per heavy atom. The molecule has 1 aromatic heterocycles. The highest BCUT2D eigenvalue weighted by Crippen LogP contribution is 2.18. The van der Waals surface area contributed by atoms with Crippen LogP contribution in [0.5, 0.6) is 0 Å². The van der Waals surface area contributed by atoms with Crippen molar-refractivity contribution in [1.82, 2.24) is 5.32 Å². The molecule has 3 nitrogen and oxygen atoms in total. The van der Waals surface area contributed by atoms with Gasteiger partial charge in [-0.1, -0.05) is 0 Å². The Hall–Kier alpha value is -0.710. The Morgan fingerprint density at radius 3 is 3.19 bits per heavy atom. The molecule has 1 aliphatic rings. The number of aryl methyl sites for hydroxylation is 1. The number of ether oxygens (including phenoxy) is 1. The van der Waals surface area contributed by atoms with Crippen LogP contribution in [0.4, 0.5) is 0 Å². The standard InChI is InChI=1S/C12H17NO2S/c1-13-11-7-15-6-10(11)12(14)3-2-9-4-5-16-8-9/h4-5,8,10-11,13H,2-3,6-7H2,1H3. The molecule has 0 radical (unpaired) electrons. The first kappa shape index (κ1) is 11.8. The van der Waals surface area contributed by atoms with Gasteiger partial charge in [0.25, 0.3) is 0 Å². The quantitative estimate of drug-likeness (QED) is 0.846. The van der Waals surface area contributed by atoms with Crippen molar-refractivity contribution >= 4 is 17.1 Å². The lowest BCUT2D eigenvalue weighted by Crippen LogP contribution is -2.37. The highest BCUT2D eigenvalue weighted by Gasteiger charge is 2.32. The van der Waals surface area contributed by atoms with Crippen LogP contribution in [0, 0.1) is 5.92 Å². The van der Waals surface area contributed by atoms with Gasteiger partial charge < -0.3 is 10.1 Å². The second-order valence-corrected chi connectivity index (χ2v) is 4.92. The van der Waals surface area contributed by atoms with Gasteiger partial charge in [-0.15, -0.1) is 0 Å². The lowest BCUT2D eigenvalue weighted by Gasteiger charge is -2.15. The number of ketones is 1. The van der Waals surface area contributed by atoms with E-state index in [-0.39, 0.29) is 12.0 Å². The molecule has 0 bridgehead atoms. The van der Waals surface area contributed by atoms with Gasteiger partial charge in [-0.25, -0.2) is 0 Å². The van der Waals surface area contributed by atoms with Crippen LogP contribution in [0.15, 0.2) is 16.8 Å². The maximum atomic E-state index is 12.0. The van der Waals surface area contributed by atoms with Crippen molar-refractivity contribution in [2.24, 2.45) is 5.92 Å². The average Bonchev–Trinajstić information content (AvgIpc) is 2.96. The van der Waals surface area contributed by atoms with Gasteiger partial charge in [-0.3, -0.25) is 4.79 Å². The fourth-order valence-corrected chi connectivity index (χ4v) is 2.75.